The average Bonchev–Trinajstić information content (AvgIpc) is 2.17. The van der Waals surface area contributed by atoms with Crippen molar-refractivity contribution in [3.8, 4) is 0 Å². The van der Waals surface area contributed by atoms with Gasteiger partial charge in [0.1, 0.15) is 0 Å². The van der Waals surface area contributed by atoms with E-state index in [1.807, 2.05) is 24.3 Å². The summed E-state index contributed by atoms with van der Waals surface area (Å²) in [6.07, 6.45) is -0.0591. The standard InChI is InChI=1S/C11H15NO3/c1-15-7-8-3-2-4-9(5-8)10(12)6-11(13)14/h2-5,10H,6-7,12H2,1H3,(H,13,14)/t10-/m0/s1. The summed E-state index contributed by atoms with van der Waals surface area (Å²) in [6.45, 7) is 0.508. The molecule has 0 aliphatic heterocycles. The molecule has 4 heteroatoms. The highest BCUT2D eigenvalue weighted by atomic mass is 16.5. The Morgan fingerprint density at radius 1 is 1.60 bits per heavy atom. The number of benzene rings is 1. The number of hydrogen-bond donors (Lipinski definition) is 2. The second-order valence-corrected chi connectivity index (χ2v) is 3.38. The van der Waals surface area contributed by atoms with Crippen molar-refractivity contribution in [3.63, 3.8) is 0 Å². The van der Waals surface area contributed by atoms with E-state index < -0.39 is 12.0 Å². The Morgan fingerprint density at radius 2 is 2.33 bits per heavy atom. The summed E-state index contributed by atoms with van der Waals surface area (Å²) in [4.78, 5) is 10.5. The van der Waals surface area contributed by atoms with E-state index in [-0.39, 0.29) is 6.42 Å². The number of rotatable bonds is 5. The van der Waals surface area contributed by atoms with Crippen LogP contribution in [0, 0.1) is 0 Å². The van der Waals surface area contributed by atoms with E-state index in [0.717, 1.165) is 11.1 Å². The zero-order chi connectivity index (χ0) is 11.3. The van der Waals surface area contributed by atoms with E-state index >= 15 is 0 Å². The van der Waals surface area contributed by atoms with Crippen molar-refractivity contribution in [2.75, 3.05) is 7.11 Å². The van der Waals surface area contributed by atoms with Crippen LogP contribution in [0.1, 0.15) is 23.6 Å². The molecule has 0 spiro atoms. The quantitative estimate of drug-likeness (QED) is 0.766. The molecule has 15 heavy (non-hydrogen) atoms. The van der Waals surface area contributed by atoms with Crippen molar-refractivity contribution in [2.45, 2.75) is 19.1 Å². The third-order valence-corrected chi connectivity index (χ3v) is 2.08. The van der Waals surface area contributed by atoms with Crippen LogP contribution in [0.25, 0.3) is 0 Å². The van der Waals surface area contributed by atoms with E-state index in [2.05, 4.69) is 0 Å². The highest BCUT2D eigenvalue weighted by Crippen LogP contribution is 2.15. The summed E-state index contributed by atoms with van der Waals surface area (Å²) in [5.74, 6) is -0.889. The average molecular weight is 209 g/mol. The van der Waals surface area contributed by atoms with Crippen molar-refractivity contribution in [3.05, 3.63) is 35.4 Å². The minimum Gasteiger partial charge on any atom is -0.481 e. The third-order valence-electron chi connectivity index (χ3n) is 2.08. The van der Waals surface area contributed by atoms with E-state index in [1.165, 1.54) is 0 Å². The molecule has 0 saturated carbocycles. The molecule has 0 aliphatic carbocycles. The van der Waals surface area contributed by atoms with Gasteiger partial charge in [-0.25, -0.2) is 0 Å². The topological polar surface area (TPSA) is 72.5 Å². The molecule has 3 N–H and O–H groups in total. The van der Waals surface area contributed by atoms with Gasteiger partial charge in [-0.15, -0.1) is 0 Å². The summed E-state index contributed by atoms with van der Waals surface area (Å²) in [5.41, 5.74) is 7.56. The SMILES string of the molecule is COCc1cccc([C@@H](N)CC(=O)O)c1. The maximum absolute atomic E-state index is 10.5. The van der Waals surface area contributed by atoms with Gasteiger partial charge in [-0.1, -0.05) is 24.3 Å². The van der Waals surface area contributed by atoms with E-state index in [1.54, 1.807) is 7.11 Å². The van der Waals surface area contributed by atoms with Crippen LogP contribution in [0.15, 0.2) is 24.3 Å². The number of aliphatic carboxylic acids is 1. The molecule has 1 aromatic carbocycles. The fourth-order valence-corrected chi connectivity index (χ4v) is 1.39. The molecule has 0 unspecified atom stereocenters. The van der Waals surface area contributed by atoms with Crippen LogP contribution in [0.3, 0.4) is 0 Å². The lowest BCUT2D eigenvalue weighted by atomic mass is 10.0. The van der Waals surface area contributed by atoms with E-state index in [4.69, 9.17) is 15.6 Å². The summed E-state index contributed by atoms with van der Waals surface area (Å²) in [6, 6.07) is 7.01. The van der Waals surface area contributed by atoms with Crippen LogP contribution in [-0.2, 0) is 16.1 Å². The monoisotopic (exact) mass is 209 g/mol. The van der Waals surface area contributed by atoms with Crippen LogP contribution in [-0.4, -0.2) is 18.2 Å². The number of hydrogen-bond acceptors (Lipinski definition) is 3. The van der Waals surface area contributed by atoms with Crippen molar-refractivity contribution in [1.82, 2.24) is 0 Å². The minimum atomic E-state index is -0.889. The molecule has 0 bridgehead atoms. The fraction of sp³-hybridized carbons (Fsp3) is 0.364. The molecule has 1 aromatic rings. The number of nitrogens with two attached hydrogens (primary N) is 1. The highest BCUT2D eigenvalue weighted by molar-refractivity contribution is 5.67. The molecular formula is C11H15NO3. The predicted molar refractivity (Wildman–Crippen MR) is 56.3 cm³/mol. The van der Waals surface area contributed by atoms with E-state index in [9.17, 15) is 4.79 Å². The Kier molecular flexibility index (Phi) is 4.27. The molecule has 4 nitrogen and oxygen atoms in total. The predicted octanol–water partition coefficient (Wildman–Crippen LogP) is 1.31. The van der Waals surface area contributed by atoms with Crippen LogP contribution < -0.4 is 5.73 Å². The second-order valence-electron chi connectivity index (χ2n) is 3.38. The van der Waals surface area contributed by atoms with Gasteiger partial charge >= 0.3 is 5.97 Å². The third kappa shape index (κ3) is 3.69. The van der Waals surface area contributed by atoms with Gasteiger partial charge in [0.15, 0.2) is 0 Å². The number of ether oxygens (including phenoxy) is 1. The molecule has 1 rings (SSSR count). The van der Waals surface area contributed by atoms with Crippen LogP contribution >= 0.6 is 0 Å². The first-order valence-electron chi connectivity index (χ1n) is 4.68. The van der Waals surface area contributed by atoms with Gasteiger partial charge in [-0.05, 0) is 11.1 Å². The van der Waals surface area contributed by atoms with E-state index in [0.29, 0.717) is 6.61 Å². The molecule has 0 saturated heterocycles. The number of carbonyl (C=O) groups is 1. The van der Waals surface area contributed by atoms with Gasteiger partial charge < -0.3 is 15.6 Å². The molecule has 0 aromatic heterocycles. The maximum Gasteiger partial charge on any atom is 0.305 e. The van der Waals surface area contributed by atoms with Crippen LogP contribution in [0.5, 0.6) is 0 Å². The fourth-order valence-electron chi connectivity index (χ4n) is 1.39. The van der Waals surface area contributed by atoms with Gasteiger partial charge in [0, 0.05) is 13.2 Å². The van der Waals surface area contributed by atoms with Crippen molar-refractivity contribution in [2.24, 2.45) is 5.73 Å². The van der Waals surface area contributed by atoms with Crippen molar-refractivity contribution < 1.29 is 14.6 Å². The molecule has 0 heterocycles. The molecule has 1 atom stereocenters. The second kappa shape index (κ2) is 5.48. The molecule has 82 valence electrons. The minimum absolute atomic E-state index is 0.0591. The largest absolute Gasteiger partial charge is 0.481 e. The maximum atomic E-state index is 10.5. The summed E-state index contributed by atoms with van der Waals surface area (Å²) in [7, 11) is 1.61. The first-order valence-corrected chi connectivity index (χ1v) is 4.68. The van der Waals surface area contributed by atoms with Crippen LogP contribution in [0.4, 0.5) is 0 Å². The van der Waals surface area contributed by atoms with Gasteiger partial charge in [0.25, 0.3) is 0 Å². The molecular weight excluding hydrogens is 194 g/mol. The normalized spacial score (nSPS) is 12.4. The number of methoxy groups -OCH3 is 1. The van der Waals surface area contributed by atoms with Gasteiger partial charge in [-0.3, -0.25) is 4.79 Å². The van der Waals surface area contributed by atoms with Gasteiger partial charge in [0.05, 0.1) is 13.0 Å². The Balaban J connectivity index is 2.75. The Morgan fingerprint density at radius 3 is 2.93 bits per heavy atom. The Labute approximate surface area is 88.7 Å². The molecule has 0 fully saturated rings. The van der Waals surface area contributed by atoms with Crippen molar-refractivity contribution in [1.29, 1.82) is 0 Å². The summed E-state index contributed by atoms with van der Waals surface area (Å²) >= 11 is 0. The first kappa shape index (κ1) is 11.7. The lowest BCUT2D eigenvalue weighted by Gasteiger charge is -2.10. The van der Waals surface area contributed by atoms with Gasteiger partial charge in [-0.2, -0.15) is 0 Å². The van der Waals surface area contributed by atoms with Crippen LogP contribution in [0.2, 0.25) is 0 Å². The Hall–Kier alpha value is -1.39. The number of carboxylic acids is 1. The van der Waals surface area contributed by atoms with Crippen molar-refractivity contribution >= 4 is 5.97 Å². The smallest absolute Gasteiger partial charge is 0.305 e. The molecule has 0 radical (unpaired) electrons. The highest BCUT2D eigenvalue weighted by Gasteiger charge is 2.10. The zero-order valence-electron chi connectivity index (χ0n) is 8.64. The molecule has 0 aliphatic rings. The zero-order valence-corrected chi connectivity index (χ0v) is 8.64. The lowest BCUT2D eigenvalue weighted by Crippen LogP contribution is -2.15. The Bertz CT molecular complexity index is 338. The summed E-state index contributed by atoms with van der Waals surface area (Å²) in [5, 5.41) is 8.61. The lowest BCUT2D eigenvalue weighted by molar-refractivity contribution is -0.137. The van der Waals surface area contributed by atoms with Gasteiger partial charge in [0.2, 0.25) is 0 Å². The first-order chi connectivity index (χ1) is 7.13. The molecule has 0 amide bonds. The number of carboxylic acid groups (broad SMARTS) is 1. The summed E-state index contributed by atoms with van der Waals surface area (Å²) < 4.78 is 4.99.